The van der Waals surface area contributed by atoms with E-state index in [0.29, 0.717) is 31.1 Å². The Labute approximate surface area is 169 Å². The van der Waals surface area contributed by atoms with Crippen LogP contribution >= 0.6 is 22.7 Å². The van der Waals surface area contributed by atoms with Crippen molar-refractivity contribution in [1.82, 2.24) is 19.7 Å². The van der Waals surface area contributed by atoms with E-state index in [1.807, 2.05) is 17.5 Å². The number of aromatic nitrogens is 1. The summed E-state index contributed by atoms with van der Waals surface area (Å²) in [5, 5.41) is 2.80. The predicted octanol–water partition coefficient (Wildman–Crippen LogP) is 1.30. The van der Waals surface area contributed by atoms with Gasteiger partial charge in [0.25, 0.3) is 5.91 Å². The smallest absolute Gasteiger partial charge is 0.265 e. The van der Waals surface area contributed by atoms with Crippen LogP contribution in [0, 0.1) is 0 Å². The first kappa shape index (κ1) is 18.8. The Morgan fingerprint density at radius 1 is 1.04 bits per heavy atom. The molecule has 2 aromatic heterocycles. The van der Waals surface area contributed by atoms with E-state index in [4.69, 9.17) is 0 Å². The number of thiophene rings is 1. The van der Waals surface area contributed by atoms with Crippen LogP contribution in [-0.2, 0) is 14.4 Å². The van der Waals surface area contributed by atoms with Crippen molar-refractivity contribution in [2.45, 2.75) is 12.8 Å². The lowest BCUT2D eigenvalue weighted by Gasteiger charge is -2.35. The van der Waals surface area contributed by atoms with Gasteiger partial charge in [-0.1, -0.05) is 6.07 Å². The summed E-state index contributed by atoms with van der Waals surface area (Å²) in [4.78, 5) is 58.7. The number of hydrogen-bond acceptors (Lipinski definition) is 7. The van der Waals surface area contributed by atoms with Crippen LogP contribution in [0.2, 0.25) is 0 Å². The quantitative estimate of drug-likeness (QED) is 0.698. The second-order valence-electron chi connectivity index (χ2n) is 6.55. The summed E-state index contributed by atoms with van der Waals surface area (Å²) in [5.74, 6) is -0.927. The molecule has 0 unspecified atom stereocenters. The number of piperazine rings is 1. The van der Waals surface area contributed by atoms with E-state index in [-0.39, 0.29) is 43.0 Å². The summed E-state index contributed by atoms with van der Waals surface area (Å²) in [7, 11) is 0. The average molecular weight is 419 g/mol. The van der Waals surface area contributed by atoms with Crippen LogP contribution in [0.1, 0.15) is 22.5 Å². The fourth-order valence-electron chi connectivity index (χ4n) is 3.24. The highest BCUT2D eigenvalue weighted by Crippen LogP contribution is 2.29. The fourth-order valence-corrected chi connectivity index (χ4v) is 4.92. The van der Waals surface area contributed by atoms with E-state index in [9.17, 15) is 19.2 Å². The molecule has 0 N–H and O–H groups in total. The van der Waals surface area contributed by atoms with Crippen molar-refractivity contribution in [1.29, 1.82) is 0 Å². The molecule has 0 atom stereocenters. The van der Waals surface area contributed by atoms with Gasteiger partial charge in [0.15, 0.2) is 0 Å². The zero-order chi connectivity index (χ0) is 19.7. The molecule has 0 bridgehead atoms. The molecule has 2 aromatic rings. The number of thiazole rings is 1. The van der Waals surface area contributed by atoms with Crippen molar-refractivity contribution < 1.29 is 19.2 Å². The summed E-state index contributed by atoms with van der Waals surface area (Å²) in [6.45, 7) is 1.40. The maximum Gasteiger partial charge on any atom is 0.265 e. The zero-order valence-electron chi connectivity index (χ0n) is 15.0. The lowest BCUT2D eigenvalue weighted by molar-refractivity contribution is -0.146. The molecule has 0 aromatic carbocycles. The van der Waals surface area contributed by atoms with Gasteiger partial charge in [-0.3, -0.25) is 24.1 Å². The molecule has 8 nitrogen and oxygen atoms in total. The van der Waals surface area contributed by atoms with Gasteiger partial charge >= 0.3 is 0 Å². The first-order valence-electron chi connectivity index (χ1n) is 8.93. The Hall–Kier alpha value is -2.59. The van der Waals surface area contributed by atoms with Gasteiger partial charge < -0.3 is 9.80 Å². The number of amides is 4. The second-order valence-corrected chi connectivity index (χ2v) is 8.53. The second kappa shape index (κ2) is 7.80. The van der Waals surface area contributed by atoms with Gasteiger partial charge in [-0.25, -0.2) is 4.98 Å². The van der Waals surface area contributed by atoms with Crippen LogP contribution in [0.15, 0.2) is 23.7 Å². The SMILES string of the molecule is O=C(CN1C(=O)CCC1=O)N1CCN(C(=O)c2cnc(-c3cccs3)s2)CC1. The molecule has 2 fully saturated rings. The van der Waals surface area contributed by atoms with E-state index in [0.717, 1.165) is 14.8 Å². The summed E-state index contributed by atoms with van der Waals surface area (Å²) in [6.07, 6.45) is 1.96. The predicted molar refractivity (Wildman–Crippen MR) is 104 cm³/mol. The number of likely N-dealkylation sites (tertiary alicyclic amines) is 1. The summed E-state index contributed by atoms with van der Waals surface area (Å²) in [5.41, 5.74) is 0. The van der Waals surface area contributed by atoms with Crippen LogP contribution in [0.4, 0.5) is 0 Å². The molecule has 0 radical (unpaired) electrons. The Balaban J connectivity index is 1.32. The van der Waals surface area contributed by atoms with E-state index in [1.54, 1.807) is 27.3 Å². The standard InChI is InChI=1S/C18H18N4O4S2/c23-14-3-4-15(24)22(14)11-16(25)20-5-7-21(8-6-20)18(26)13-10-19-17(28-13)12-2-1-9-27-12/h1-2,9-10H,3-8,11H2. The van der Waals surface area contributed by atoms with Gasteiger partial charge in [-0.2, -0.15) is 0 Å². The Morgan fingerprint density at radius 3 is 2.36 bits per heavy atom. The fraction of sp³-hybridized carbons (Fsp3) is 0.389. The third-order valence-corrected chi connectivity index (χ3v) is 6.84. The third-order valence-electron chi connectivity index (χ3n) is 4.82. The van der Waals surface area contributed by atoms with E-state index < -0.39 is 0 Å². The van der Waals surface area contributed by atoms with Gasteiger partial charge in [0.05, 0.1) is 11.1 Å². The normalized spacial score (nSPS) is 17.5. The van der Waals surface area contributed by atoms with Crippen molar-refractivity contribution >= 4 is 46.3 Å². The van der Waals surface area contributed by atoms with Crippen LogP contribution in [0.3, 0.4) is 0 Å². The van der Waals surface area contributed by atoms with Gasteiger partial charge in [-0.15, -0.1) is 22.7 Å². The van der Waals surface area contributed by atoms with Crippen molar-refractivity contribution in [2.75, 3.05) is 32.7 Å². The zero-order valence-corrected chi connectivity index (χ0v) is 16.6. The van der Waals surface area contributed by atoms with Gasteiger partial charge in [0.1, 0.15) is 16.4 Å². The average Bonchev–Trinajstić information content (AvgIpc) is 3.45. The Kier molecular flexibility index (Phi) is 5.23. The maximum atomic E-state index is 12.7. The molecule has 10 heteroatoms. The number of imide groups is 1. The molecule has 2 saturated heterocycles. The molecule has 4 heterocycles. The molecule has 4 amide bonds. The molecule has 0 aliphatic carbocycles. The molecule has 2 aliphatic rings. The number of carbonyl (C=O) groups excluding carboxylic acids is 4. The summed E-state index contributed by atoms with van der Waals surface area (Å²) >= 11 is 2.95. The van der Waals surface area contributed by atoms with Crippen molar-refractivity contribution in [2.24, 2.45) is 0 Å². The largest absolute Gasteiger partial charge is 0.338 e. The monoisotopic (exact) mass is 418 g/mol. The first-order valence-corrected chi connectivity index (χ1v) is 10.6. The molecular weight excluding hydrogens is 400 g/mol. The highest BCUT2D eigenvalue weighted by molar-refractivity contribution is 7.21. The van der Waals surface area contributed by atoms with Crippen LogP contribution in [-0.4, -0.2) is 76.0 Å². The Morgan fingerprint density at radius 2 is 1.71 bits per heavy atom. The minimum Gasteiger partial charge on any atom is -0.338 e. The lowest BCUT2D eigenvalue weighted by Crippen LogP contribution is -2.53. The number of hydrogen-bond donors (Lipinski definition) is 0. The summed E-state index contributed by atoms with van der Waals surface area (Å²) < 4.78 is 0. The molecule has 2 aliphatic heterocycles. The highest BCUT2D eigenvalue weighted by Gasteiger charge is 2.33. The van der Waals surface area contributed by atoms with E-state index in [2.05, 4.69) is 4.98 Å². The maximum absolute atomic E-state index is 12.7. The van der Waals surface area contributed by atoms with Gasteiger partial charge in [0, 0.05) is 39.0 Å². The van der Waals surface area contributed by atoms with Crippen molar-refractivity contribution in [3.05, 3.63) is 28.6 Å². The van der Waals surface area contributed by atoms with Gasteiger partial charge in [0.2, 0.25) is 17.7 Å². The molecule has 146 valence electrons. The topological polar surface area (TPSA) is 90.9 Å². The number of carbonyl (C=O) groups is 4. The molecule has 28 heavy (non-hydrogen) atoms. The first-order chi connectivity index (χ1) is 13.5. The third kappa shape index (κ3) is 3.69. The van der Waals surface area contributed by atoms with Crippen LogP contribution in [0.25, 0.3) is 9.88 Å². The lowest BCUT2D eigenvalue weighted by atomic mass is 10.3. The van der Waals surface area contributed by atoms with Crippen LogP contribution in [0.5, 0.6) is 0 Å². The van der Waals surface area contributed by atoms with Crippen molar-refractivity contribution in [3.63, 3.8) is 0 Å². The highest BCUT2D eigenvalue weighted by atomic mass is 32.1. The number of rotatable bonds is 4. The minimum atomic E-state index is -0.293. The molecule has 0 spiro atoms. The van der Waals surface area contributed by atoms with E-state index in [1.165, 1.54) is 11.3 Å². The summed E-state index contributed by atoms with van der Waals surface area (Å²) in [6, 6.07) is 3.92. The van der Waals surface area contributed by atoms with Crippen LogP contribution < -0.4 is 0 Å². The molecule has 0 saturated carbocycles. The van der Waals surface area contributed by atoms with E-state index >= 15 is 0 Å². The van der Waals surface area contributed by atoms with Crippen molar-refractivity contribution in [3.8, 4) is 9.88 Å². The number of nitrogens with zero attached hydrogens (tertiary/aromatic N) is 4. The minimum absolute atomic E-state index is 0.0858. The molecular formula is C18H18N4O4S2. The Bertz CT molecular complexity index is 900. The molecule has 4 rings (SSSR count). The van der Waals surface area contributed by atoms with Gasteiger partial charge in [-0.05, 0) is 11.4 Å².